The molecule has 0 spiro atoms. The Kier molecular flexibility index (Phi) is 6.84. The molecule has 4 aromatic rings. The van der Waals surface area contributed by atoms with Crippen molar-refractivity contribution in [2.45, 2.75) is 4.90 Å². The first kappa shape index (κ1) is 25.7. The van der Waals surface area contributed by atoms with Gasteiger partial charge in [-0.3, -0.25) is 9.36 Å². The number of benzene rings is 3. The molecule has 0 bridgehead atoms. The SMILES string of the molecule is COc1cc(Br)c(F)cc1-n1c(=O)ccc2cc(S(=O)Oc3c(F)c(F)c(F)c(F)c3F)c(F)cc21. The van der Waals surface area contributed by atoms with Crippen LogP contribution in [0.2, 0.25) is 0 Å². The van der Waals surface area contributed by atoms with E-state index in [1.807, 2.05) is 0 Å². The van der Waals surface area contributed by atoms with Crippen molar-refractivity contribution in [2.75, 3.05) is 7.11 Å². The maximum Gasteiger partial charge on any atom is 0.255 e. The van der Waals surface area contributed by atoms with Gasteiger partial charge in [-0.15, -0.1) is 0 Å². The van der Waals surface area contributed by atoms with E-state index in [4.69, 9.17) is 4.74 Å². The van der Waals surface area contributed by atoms with Gasteiger partial charge in [-0.25, -0.2) is 26.2 Å². The normalized spacial score (nSPS) is 12.1. The number of nitrogens with zero attached hydrogens (tertiary/aromatic N) is 1. The zero-order valence-corrected chi connectivity index (χ0v) is 19.9. The third-order valence-electron chi connectivity index (χ3n) is 4.92. The lowest BCUT2D eigenvalue weighted by atomic mass is 10.2. The van der Waals surface area contributed by atoms with Crippen molar-refractivity contribution in [1.82, 2.24) is 4.57 Å². The van der Waals surface area contributed by atoms with E-state index in [0.29, 0.717) is 6.07 Å². The summed E-state index contributed by atoms with van der Waals surface area (Å²) >= 11 is -0.126. The second kappa shape index (κ2) is 9.58. The molecule has 0 aliphatic carbocycles. The Balaban J connectivity index is 1.86. The summed E-state index contributed by atoms with van der Waals surface area (Å²) in [5.74, 6) is -15.9. The highest BCUT2D eigenvalue weighted by molar-refractivity contribution is 9.10. The number of halogens is 8. The van der Waals surface area contributed by atoms with Crippen molar-refractivity contribution in [3.63, 3.8) is 0 Å². The standard InChI is InChI=1S/C22H9BrF7NO4S/c1-34-14-5-9(23)10(24)6-13(14)31-12-7-11(25)15(4-8(12)2-3-16(31)32)36(33)35-22-20(29)18(27)17(26)19(28)21(22)30/h2-7H,1H3. The van der Waals surface area contributed by atoms with Gasteiger partial charge in [0, 0.05) is 23.6 Å². The van der Waals surface area contributed by atoms with Crippen molar-refractivity contribution < 1.29 is 43.9 Å². The maximum absolute atomic E-state index is 15.0. The van der Waals surface area contributed by atoms with Crippen molar-refractivity contribution in [3.8, 4) is 17.2 Å². The summed E-state index contributed by atoms with van der Waals surface area (Å²) in [6.45, 7) is 0. The van der Waals surface area contributed by atoms with Gasteiger partial charge in [0.25, 0.3) is 5.56 Å². The number of rotatable bonds is 5. The fourth-order valence-corrected chi connectivity index (χ4v) is 4.40. The molecule has 0 saturated carbocycles. The van der Waals surface area contributed by atoms with Crippen LogP contribution < -0.4 is 14.5 Å². The maximum atomic E-state index is 15.0. The minimum absolute atomic E-state index is 0.0190. The number of aromatic nitrogens is 1. The molecule has 5 nitrogen and oxygen atoms in total. The molecule has 36 heavy (non-hydrogen) atoms. The molecule has 0 fully saturated rings. The summed E-state index contributed by atoms with van der Waals surface area (Å²) in [5, 5.41) is 0.0192. The molecule has 0 N–H and O–H groups in total. The lowest BCUT2D eigenvalue weighted by Crippen LogP contribution is -2.19. The molecule has 1 atom stereocenters. The third kappa shape index (κ3) is 4.23. The van der Waals surface area contributed by atoms with Crippen LogP contribution in [0.25, 0.3) is 16.6 Å². The van der Waals surface area contributed by atoms with Gasteiger partial charge in [-0.1, -0.05) is 0 Å². The highest BCUT2D eigenvalue weighted by atomic mass is 79.9. The van der Waals surface area contributed by atoms with Crippen molar-refractivity contribution >= 4 is 37.9 Å². The minimum Gasteiger partial charge on any atom is -0.495 e. The molecule has 0 aliphatic rings. The molecule has 0 saturated heterocycles. The Morgan fingerprint density at radius 2 is 1.44 bits per heavy atom. The summed E-state index contributed by atoms with van der Waals surface area (Å²) in [4.78, 5) is 11.8. The van der Waals surface area contributed by atoms with Crippen LogP contribution >= 0.6 is 15.9 Å². The summed E-state index contributed by atoms with van der Waals surface area (Å²) in [6.07, 6.45) is 0. The van der Waals surface area contributed by atoms with Gasteiger partial charge < -0.3 is 8.92 Å². The predicted octanol–water partition coefficient (Wildman–Crippen LogP) is 5.84. The molecule has 14 heteroatoms. The van der Waals surface area contributed by atoms with E-state index in [1.165, 1.54) is 19.2 Å². The van der Waals surface area contributed by atoms with Gasteiger partial charge in [0.1, 0.15) is 22.3 Å². The lowest BCUT2D eigenvalue weighted by molar-refractivity contribution is 0.352. The summed E-state index contributed by atoms with van der Waals surface area (Å²) in [6, 6.07) is 5.93. The fourth-order valence-electron chi connectivity index (χ4n) is 3.25. The third-order valence-corrected chi connectivity index (χ3v) is 6.52. The molecular weight excluding hydrogens is 587 g/mol. The Labute approximate surface area is 207 Å². The number of hydrogen-bond donors (Lipinski definition) is 0. The van der Waals surface area contributed by atoms with Gasteiger partial charge >= 0.3 is 0 Å². The number of pyridine rings is 1. The van der Waals surface area contributed by atoms with E-state index in [1.54, 1.807) is 0 Å². The van der Waals surface area contributed by atoms with Crippen LogP contribution in [0.15, 0.2) is 50.6 Å². The molecule has 0 aliphatic heterocycles. The van der Waals surface area contributed by atoms with E-state index in [-0.39, 0.29) is 26.8 Å². The van der Waals surface area contributed by atoms with Crippen LogP contribution in [0.5, 0.6) is 11.5 Å². The minimum atomic E-state index is -3.10. The van der Waals surface area contributed by atoms with E-state index >= 15 is 0 Å². The van der Waals surface area contributed by atoms with Gasteiger partial charge in [-0.05, 0) is 34.1 Å². The molecular formula is C22H9BrF7NO4S. The topological polar surface area (TPSA) is 57.5 Å². The van der Waals surface area contributed by atoms with Crippen LogP contribution in [0.3, 0.4) is 0 Å². The monoisotopic (exact) mass is 595 g/mol. The molecule has 1 aromatic heterocycles. The summed E-state index contributed by atoms with van der Waals surface area (Å²) in [5.41, 5.74) is -0.995. The molecule has 0 amide bonds. The Bertz CT molecular complexity index is 1620. The molecule has 3 aromatic carbocycles. The van der Waals surface area contributed by atoms with Crippen molar-refractivity contribution in [3.05, 3.63) is 91.9 Å². The van der Waals surface area contributed by atoms with Crippen LogP contribution in [-0.2, 0) is 11.1 Å². The number of fused-ring (bicyclic) bond motifs is 1. The first-order valence-electron chi connectivity index (χ1n) is 9.46. The van der Waals surface area contributed by atoms with E-state index < -0.39 is 68.0 Å². The number of hydrogen-bond acceptors (Lipinski definition) is 4. The highest BCUT2D eigenvalue weighted by Crippen LogP contribution is 2.33. The van der Waals surface area contributed by atoms with Crippen LogP contribution in [-0.4, -0.2) is 15.9 Å². The Morgan fingerprint density at radius 1 is 0.833 bits per heavy atom. The predicted molar refractivity (Wildman–Crippen MR) is 117 cm³/mol. The second-order valence-corrected chi connectivity index (χ2v) is 8.93. The van der Waals surface area contributed by atoms with Crippen LogP contribution in [0, 0.1) is 40.7 Å². The smallest absolute Gasteiger partial charge is 0.255 e. The van der Waals surface area contributed by atoms with Crippen molar-refractivity contribution in [2.24, 2.45) is 0 Å². The fraction of sp³-hybridized carbons (Fsp3) is 0.0455. The van der Waals surface area contributed by atoms with Gasteiger partial charge in [0.05, 0.1) is 22.8 Å². The highest BCUT2D eigenvalue weighted by Gasteiger charge is 2.29. The zero-order chi connectivity index (χ0) is 26.5. The van der Waals surface area contributed by atoms with Crippen molar-refractivity contribution in [1.29, 1.82) is 0 Å². The summed E-state index contributed by atoms with van der Waals surface area (Å²) < 4.78 is 120. The quantitative estimate of drug-likeness (QED) is 0.165. The molecule has 1 unspecified atom stereocenters. The molecule has 188 valence electrons. The average molecular weight is 596 g/mol. The van der Waals surface area contributed by atoms with E-state index in [0.717, 1.165) is 22.8 Å². The Hall–Kier alpha value is -3.39. The van der Waals surface area contributed by atoms with Crippen LogP contribution in [0.4, 0.5) is 30.7 Å². The zero-order valence-electron chi connectivity index (χ0n) is 17.5. The van der Waals surface area contributed by atoms with E-state index in [2.05, 4.69) is 20.1 Å². The first-order valence-corrected chi connectivity index (χ1v) is 11.3. The first-order chi connectivity index (χ1) is 17.0. The average Bonchev–Trinajstić information content (AvgIpc) is 2.85. The van der Waals surface area contributed by atoms with Gasteiger partial charge in [-0.2, -0.15) is 8.78 Å². The van der Waals surface area contributed by atoms with E-state index in [9.17, 15) is 39.7 Å². The number of methoxy groups -OCH3 is 1. The number of ether oxygens (including phenoxy) is 1. The molecule has 1 heterocycles. The molecule has 0 radical (unpaired) electrons. The van der Waals surface area contributed by atoms with Gasteiger partial charge in [0.15, 0.2) is 0 Å². The summed E-state index contributed by atoms with van der Waals surface area (Å²) in [7, 11) is 1.25. The van der Waals surface area contributed by atoms with Crippen LogP contribution in [0.1, 0.15) is 0 Å². The lowest BCUT2D eigenvalue weighted by Gasteiger charge is -2.16. The van der Waals surface area contributed by atoms with Gasteiger partial charge in [0.2, 0.25) is 45.9 Å². The molecule has 4 rings (SSSR count). The second-order valence-electron chi connectivity index (χ2n) is 7.00. The Morgan fingerprint density at radius 3 is 2.06 bits per heavy atom. The largest absolute Gasteiger partial charge is 0.495 e.